The maximum Gasteiger partial charge on any atom is 0.494 e. The van der Waals surface area contributed by atoms with Gasteiger partial charge in [-0.2, -0.15) is 5.26 Å². The van der Waals surface area contributed by atoms with Gasteiger partial charge in [0, 0.05) is 23.1 Å². The summed E-state index contributed by atoms with van der Waals surface area (Å²) in [5, 5.41) is 10.4. The largest absolute Gasteiger partial charge is 0.494 e. The molecule has 1 saturated carbocycles. The summed E-state index contributed by atoms with van der Waals surface area (Å²) in [4.78, 5) is 0. The van der Waals surface area contributed by atoms with E-state index in [1.807, 2.05) is 18.3 Å². The molecule has 1 aromatic heterocycles. The molecule has 1 aromatic carbocycles. The first-order chi connectivity index (χ1) is 11.3. The van der Waals surface area contributed by atoms with Crippen molar-refractivity contribution in [1.82, 2.24) is 4.57 Å². The molecule has 24 heavy (non-hydrogen) atoms. The summed E-state index contributed by atoms with van der Waals surface area (Å²) in [6, 6.07) is 9.03. The van der Waals surface area contributed by atoms with Crippen molar-refractivity contribution in [2.45, 2.75) is 64.2 Å². The van der Waals surface area contributed by atoms with E-state index in [-0.39, 0.29) is 18.3 Å². The van der Waals surface area contributed by atoms with Crippen LogP contribution in [0.1, 0.15) is 58.6 Å². The van der Waals surface area contributed by atoms with Crippen LogP contribution in [0.4, 0.5) is 0 Å². The number of benzene rings is 1. The van der Waals surface area contributed by atoms with Crippen LogP contribution in [0.3, 0.4) is 0 Å². The molecule has 0 spiro atoms. The first-order valence-electron chi connectivity index (χ1n) is 8.73. The zero-order valence-corrected chi connectivity index (χ0v) is 14.8. The van der Waals surface area contributed by atoms with Gasteiger partial charge in [0.15, 0.2) is 0 Å². The molecular formula is C19H23BN2O2. The van der Waals surface area contributed by atoms with E-state index in [4.69, 9.17) is 9.31 Å². The highest BCUT2D eigenvalue weighted by Gasteiger charge is 2.51. The summed E-state index contributed by atoms with van der Waals surface area (Å²) in [5.74, 6) is 0. The lowest BCUT2D eigenvalue weighted by atomic mass is 9.78. The predicted molar refractivity (Wildman–Crippen MR) is 95.3 cm³/mol. The molecule has 2 heterocycles. The Morgan fingerprint density at radius 1 is 1.17 bits per heavy atom. The number of hydrogen-bond acceptors (Lipinski definition) is 3. The second kappa shape index (κ2) is 5.11. The highest BCUT2D eigenvalue weighted by molar-refractivity contribution is 6.62. The lowest BCUT2D eigenvalue weighted by Crippen LogP contribution is -2.41. The average Bonchev–Trinajstić information content (AvgIpc) is 2.92. The van der Waals surface area contributed by atoms with Crippen molar-refractivity contribution >= 4 is 23.5 Å². The van der Waals surface area contributed by atoms with Crippen LogP contribution >= 0.6 is 0 Å². The van der Waals surface area contributed by atoms with E-state index >= 15 is 0 Å². The number of aromatic nitrogens is 1. The maximum atomic E-state index is 9.43. The topological polar surface area (TPSA) is 47.2 Å². The molecule has 0 amide bonds. The highest BCUT2D eigenvalue weighted by atomic mass is 16.7. The van der Waals surface area contributed by atoms with Crippen molar-refractivity contribution in [1.29, 1.82) is 5.26 Å². The molecule has 1 saturated heterocycles. The van der Waals surface area contributed by atoms with Crippen LogP contribution in [-0.4, -0.2) is 22.9 Å². The Balaban J connectivity index is 1.77. The molecule has 2 aromatic rings. The fourth-order valence-corrected chi connectivity index (χ4v) is 3.45. The van der Waals surface area contributed by atoms with Gasteiger partial charge in [0.05, 0.1) is 16.8 Å². The fourth-order valence-electron chi connectivity index (χ4n) is 3.45. The quantitative estimate of drug-likeness (QED) is 0.795. The SMILES string of the molecule is CC1(C)OB(c2ccc3c(C#N)cn(C4CCC4)c3c2)OC1(C)C. The van der Waals surface area contributed by atoms with Crippen molar-refractivity contribution in [2.24, 2.45) is 0 Å². The van der Waals surface area contributed by atoms with Crippen molar-refractivity contribution < 1.29 is 9.31 Å². The first kappa shape index (κ1) is 15.7. The minimum absolute atomic E-state index is 0.347. The van der Waals surface area contributed by atoms with Crippen LogP contribution in [-0.2, 0) is 9.31 Å². The van der Waals surface area contributed by atoms with Crippen molar-refractivity contribution in [3.63, 3.8) is 0 Å². The van der Waals surface area contributed by atoms with Gasteiger partial charge in [-0.1, -0.05) is 12.1 Å². The Morgan fingerprint density at radius 2 is 1.83 bits per heavy atom. The summed E-state index contributed by atoms with van der Waals surface area (Å²) < 4.78 is 14.6. The van der Waals surface area contributed by atoms with E-state index in [1.54, 1.807) is 0 Å². The Labute approximate surface area is 143 Å². The normalized spacial score (nSPS) is 22.5. The van der Waals surface area contributed by atoms with E-state index in [9.17, 15) is 5.26 Å². The molecule has 0 bridgehead atoms. The first-order valence-corrected chi connectivity index (χ1v) is 8.73. The maximum absolute atomic E-state index is 9.43. The Morgan fingerprint density at radius 3 is 2.38 bits per heavy atom. The van der Waals surface area contributed by atoms with Gasteiger partial charge in [-0.05, 0) is 58.5 Å². The van der Waals surface area contributed by atoms with Gasteiger partial charge in [0.25, 0.3) is 0 Å². The number of nitriles is 1. The van der Waals surface area contributed by atoms with Crippen molar-refractivity contribution in [2.75, 3.05) is 0 Å². The molecule has 0 radical (unpaired) electrons. The molecule has 4 rings (SSSR count). The number of fused-ring (bicyclic) bond motifs is 1. The van der Waals surface area contributed by atoms with Crippen molar-refractivity contribution in [3.05, 3.63) is 30.0 Å². The summed E-state index contributed by atoms with van der Waals surface area (Å²) in [5.41, 5.74) is 2.19. The van der Waals surface area contributed by atoms with Crippen LogP contribution < -0.4 is 5.46 Å². The smallest absolute Gasteiger partial charge is 0.399 e. The summed E-state index contributed by atoms with van der Waals surface area (Å²) in [6.07, 6.45) is 5.65. The van der Waals surface area contributed by atoms with Gasteiger partial charge in [-0.3, -0.25) is 0 Å². The zero-order valence-electron chi connectivity index (χ0n) is 14.8. The molecule has 0 unspecified atom stereocenters. The van der Waals surface area contributed by atoms with Crippen LogP contribution in [0.15, 0.2) is 24.4 Å². The third-order valence-corrected chi connectivity index (χ3v) is 5.97. The van der Waals surface area contributed by atoms with E-state index in [2.05, 4.69) is 44.4 Å². The molecule has 1 aliphatic heterocycles. The van der Waals surface area contributed by atoms with Crippen LogP contribution in [0.25, 0.3) is 10.9 Å². The number of hydrogen-bond donors (Lipinski definition) is 0. The minimum atomic E-state index is -0.366. The molecule has 0 atom stereocenters. The van der Waals surface area contributed by atoms with E-state index < -0.39 is 0 Å². The Bertz CT molecular complexity index is 827. The van der Waals surface area contributed by atoms with E-state index in [0.717, 1.165) is 21.9 Å². The lowest BCUT2D eigenvalue weighted by Gasteiger charge is -2.32. The molecular weight excluding hydrogens is 299 g/mol. The number of nitrogens with zero attached hydrogens (tertiary/aromatic N) is 2. The van der Waals surface area contributed by atoms with Gasteiger partial charge >= 0.3 is 7.12 Å². The summed E-state index contributed by atoms with van der Waals surface area (Å²) >= 11 is 0. The zero-order chi connectivity index (χ0) is 17.1. The van der Waals surface area contributed by atoms with Crippen LogP contribution in [0.5, 0.6) is 0 Å². The van der Waals surface area contributed by atoms with Gasteiger partial charge in [-0.15, -0.1) is 0 Å². The summed E-state index contributed by atoms with van der Waals surface area (Å²) in [7, 11) is -0.366. The van der Waals surface area contributed by atoms with Gasteiger partial charge in [-0.25, -0.2) is 0 Å². The molecule has 4 nitrogen and oxygen atoms in total. The molecule has 2 aliphatic rings. The van der Waals surface area contributed by atoms with E-state index in [0.29, 0.717) is 6.04 Å². The lowest BCUT2D eigenvalue weighted by molar-refractivity contribution is 0.00578. The van der Waals surface area contributed by atoms with Gasteiger partial charge in [0.1, 0.15) is 6.07 Å². The summed E-state index contributed by atoms with van der Waals surface area (Å²) in [6.45, 7) is 8.26. The van der Waals surface area contributed by atoms with E-state index in [1.165, 1.54) is 19.3 Å². The van der Waals surface area contributed by atoms with Crippen LogP contribution in [0.2, 0.25) is 0 Å². The molecule has 5 heteroatoms. The average molecular weight is 322 g/mol. The van der Waals surface area contributed by atoms with Crippen molar-refractivity contribution in [3.8, 4) is 6.07 Å². The third-order valence-electron chi connectivity index (χ3n) is 5.97. The number of rotatable bonds is 2. The fraction of sp³-hybridized carbons (Fsp3) is 0.526. The molecule has 124 valence electrons. The predicted octanol–water partition coefficient (Wildman–Crippen LogP) is 3.54. The van der Waals surface area contributed by atoms with Gasteiger partial charge in [0.2, 0.25) is 0 Å². The molecule has 2 fully saturated rings. The Kier molecular flexibility index (Phi) is 3.35. The van der Waals surface area contributed by atoms with Crippen LogP contribution in [0, 0.1) is 11.3 Å². The highest BCUT2D eigenvalue weighted by Crippen LogP contribution is 2.38. The third kappa shape index (κ3) is 2.21. The standard InChI is InChI=1S/C19H23BN2O2/c1-18(2)19(3,4)24-20(23-18)14-8-9-16-13(11-21)12-22(17(16)10-14)15-6-5-7-15/h8-10,12,15H,5-7H2,1-4H3. The Hall–Kier alpha value is -1.77. The second-order valence-corrected chi connectivity index (χ2v) is 8.01. The monoisotopic (exact) mass is 322 g/mol. The molecule has 1 aliphatic carbocycles. The second-order valence-electron chi connectivity index (χ2n) is 8.01. The van der Waals surface area contributed by atoms with Gasteiger partial charge < -0.3 is 13.9 Å². The molecule has 0 N–H and O–H groups in total. The minimum Gasteiger partial charge on any atom is -0.399 e.